The van der Waals surface area contributed by atoms with E-state index in [1.165, 1.54) is 31.2 Å². The molecule has 0 bridgehead atoms. The molecule has 1 aromatic rings. The first kappa shape index (κ1) is 20.4. The summed E-state index contributed by atoms with van der Waals surface area (Å²) in [4.78, 5) is 9.66. The number of nitrogens with zero attached hydrogens (tertiary/aromatic N) is 3. The van der Waals surface area contributed by atoms with Crippen LogP contribution in [0.1, 0.15) is 31.2 Å². The van der Waals surface area contributed by atoms with Crippen LogP contribution in [0.25, 0.3) is 0 Å². The molecule has 154 valence electrons. The number of ether oxygens (including phenoxy) is 1. The fourth-order valence-electron chi connectivity index (χ4n) is 5.85. The predicted octanol–water partition coefficient (Wildman–Crippen LogP) is 2.96. The maximum absolute atomic E-state index is 6.07. The number of benzene rings is 1. The van der Waals surface area contributed by atoms with Gasteiger partial charge in [0, 0.05) is 63.8 Å². The molecule has 28 heavy (non-hydrogen) atoms. The highest BCUT2D eigenvalue weighted by molar-refractivity contribution is 14.0. The molecule has 2 saturated carbocycles. The Bertz CT molecular complexity index is 685. The van der Waals surface area contributed by atoms with Crippen molar-refractivity contribution in [3.63, 3.8) is 0 Å². The highest BCUT2D eigenvalue weighted by Crippen LogP contribution is 2.62. The highest BCUT2D eigenvalue weighted by atomic mass is 127. The van der Waals surface area contributed by atoms with Crippen LogP contribution in [0.2, 0.25) is 0 Å². The van der Waals surface area contributed by atoms with Crippen LogP contribution in [0.5, 0.6) is 0 Å². The Kier molecular flexibility index (Phi) is 6.18. The molecule has 6 heteroatoms. The molecule has 2 aliphatic carbocycles. The van der Waals surface area contributed by atoms with E-state index in [0.29, 0.717) is 23.5 Å². The fourth-order valence-corrected chi connectivity index (χ4v) is 5.85. The van der Waals surface area contributed by atoms with Crippen molar-refractivity contribution >= 4 is 29.9 Å². The predicted molar refractivity (Wildman–Crippen MR) is 123 cm³/mol. The van der Waals surface area contributed by atoms with E-state index in [-0.39, 0.29) is 24.0 Å². The van der Waals surface area contributed by atoms with E-state index >= 15 is 0 Å². The average Bonchev–Trinajstić information content (AvgIpc) is 3.08. The lowest BCUT2D eigenvalue weighted by Crippen LogP contribution is -2.73. The number of hydrogen-bond donors (Lipinski definition) is 1. The van der Waals surface area contributed by atoms with Gasteiger partial charge in [0.05, 0.1) is 6.10 Å². The van der Waals surface area contributed by atoms with Crippen LogP contribution in [0, 0.1) is 11.3 Å². The van der Waals surface area contributed by atoms with Crippen molar-refractivity contribution in [3.8, 4) is 0 Å². The summed E-state index contributed by atoms with van der Waals surface area (Å²) in [5.74, 6) is 1.80. The zero-order valence-corrected chi connectivity index (χ0v) is 19.2. The monoisotopic (exact) mass is 496 g/mol. The smallest absolute Gasteiger partial charge is 0.193 e. The molecule has 4 aliphatic rings. The van der Waals surface area contributed by atoms with Gasteiger partial charge in [-0.25, -0.2) is 0 Å². The van der Waals surface area contributed by atoms with Gasteiger partial charge >= 0.3 is 0 Å². The SMILES string of the molecule is CN=C(NC1C2CCOC2C12CCC2)N1CCN(Cc2ccccc2)CC1.I. The Morgan fingerprint density at radius 2 is 1.93 bits per heavy atom. The van der Waals surface area contributed by atoms with Crippen molar-refractivity contribution in [2.75, 3.05) is 39.8 Å². The number of fused-ring (bicyclic) bond motifs is 2. The summed E-state index contributed by atoms with van der Waals surface area (Å²) >= 11 is 0. The minimum Gasteiger partial charge on any atom is -0.377 e. The van der Waals surface area contributed by atoms with Crippen molar-refractivity contribution < 1.29 is 4.74 Å². The quantitative estimate of drug-likeness (QED) is 0.397. The largest absolute Gasteiger partial charge is 0.377 e. The number of rotatable bonds is 3. The zero-order chi connectivity index (χ0) is 18.3. The second kappa shape index (κ2) is 8.48. The molecular formula is C22H33IN4O. The maximum atomic E-state index is 6.07. The van der Waals surface area contributed by atoms with Crippen LogP contribution in [-0.4, -0.2) is 67.7 Å². The van der Waals surface area contributed by atoms with Crippen LogP contribution < -0.4 is 5.32 Å². The molecule has 1 spiro atoms. The summed E-state index contributed by atoms with van der Waals surface area (Å²) in [6.45, 7) is 6.30. The zero-order valence-electron chi connectivity index (χ0n) is 16.8. The Balaban J connectivity index is 0.00000192. The minimum absolute atomic E-state index is 0. The lowest BCUT2D eigenvalue weighted by molar-refractivity contribution is -0.171. The summed E-state index contributed by atoms with van der Waals surface area (Å²) < 4.78 is 6.07. The van der Waals surface area contributed by atoms with Crippen LogP contribution in [0.4, 0.5) is 0 Å². The number of aliphatic imine (C=N–C) groups is 1. The summed E-state index contributed by atoms with van der Waals surface area (Å²) in [5, 5.41) is 3.88. The van der Waals surface area contributed by atoms with Crippen molar-refractivity contribution in [2.24, 2.45) is 16.3 Å². The maximum Gasteiger partial charge on any atom is 0.193 e. The Hall–Kier alpha value is -0.860. The Morgan fingerprint density at radius 1 is 1.18 bits per heavy atom. The number of piperazine rings is 1. The first-order valence-electron chi connectivity index (χ1n) is 10.7. The van der Waals surface area contributed by atoms with Crippen molar-refractivity contribution in [1.82, 2.24) is 15.1 Å². The molecule has 1 aromatic carbocycles. The lowest BCUT2D eigenvalue weighted by Gasteiger charge is -2.63. The third kappa shape index (κ3) is 3.45. The van der Waals surface area contributed by atoms with E-state index in [1.807, 2.05) is 7.05 Å². The lowest BCUT2D eigenvalue weighted by atomic mass is 9.46. The van der Waals surface area contributed by atoms with Gasteiger partial charge in [-0.15, -0.1) is 24.0 Å². The second-order valence-electron chi connectivity index (χ2n) is 8.75. The van der Waals surface area contributed by atoms with E-state index in [0.717, 1.165) is 45.3 Å². The number of nitrogens with one attached hydrogen (secondary N) is 1. The molecule has 0 amide bonds. The third-order valence-electron chi connectivity index (χ3n) is 7.45. The standard InChI is InChI=1S/C22H32N4O.HI/c1-23-21(24-19-18-8-15-27-20(18)22(19)9-5-10-22)26-13-11-25(12-14-26)16-17-6-3-2-4-7-17;/h2-4,6-7,18-20H,5,8-16H2,1H3,(H,23,24);1H. The van der Waals surface area contributed by atoms with Crippen molar-refractivity contribution in [3.05, 3.63) is 35.9 Å². The first-order valence-corrected chi connectivity index (χ1v) is 10.7. The molecule has 1 N–H and O–H groups in total. The Morgan fingerprint density at radius 3 is 2.57 bits per heavy atom. The van der Waals surface area contributed by atoms with Gasteiger partial charge in [0.2, 0.25) is 0 Å². The van der Waals surface area contributed by atoms with Gasteiger partial charge in [0.1, 0.15) is 0 Å². The highest BCUT2D eigenvalue weighted by Gasteiger charge is 2.66. The Labute approximate surface area is 185 Å². The normalized spacial score (nSPS) is 31.5. The number of hydrogen-bond acceptors (Lipinski definition) is 3. The van der Waals surface area contributed by atoms with E-state index in [1.54, 1.807) is 0 Å². The van der Waals surface area contributed by atoms with Crippen LogP contribution >= 0.6 is 24.0 Å². The summed E-state index contributed by atoms with van der Waals surface area (Å²) in [6.07, 6.45) is 5.75. The van der Waals surface area contributed by atoms with Gasteiger partial charge in [0.25, 0.3) is 0 Å². The summed E-state index contributed by atoms with van der Waals surface area (Å²) in [6, 6.07) is 11.4. The van der Waals surface area contributed by atoms with E-state index < -0.39 is 0 Å². The molecule has 2 heterocycles. The average molecular weight is 496 g/mol. The van der Waals surface area contributed by atoms with E-state index in [2.05, 4.69) is 50.4 Å². The van der Waals surface area contributed by atoms with Gasteiger partial charge in [-0.3, -0.25) is 9.89 Å². The van der Waals surface area contributed by atoms with Gasteiger partial charge in [0.15, 0.2) is 5.96 Å². The van der Waals surface area contributed by atoms with Gasteiger partial charge in [-0.2, -0.15) is 0 Å². The van der Waals surface area contributed by atoms with Gasteiger partial charge in [-0.05, 0) is 24.8 Å². The molecule has 2 aliphatic heterocycles. The molecule has 0 radical (unpaired) electrons. The molecule has 3 atom stereocenters. The summed E-state index contributed by atoms with van der Waals surface area (Å²) in [5.41, 5.74) is 1.81. The molecule has 5 nitrogen and oxygen atoms in total. The van der Waals surface area contributed by atoms with Crippen molar-refractivity contribution in [1.29, 1.82) is 0 Å². The topological polar surface area (TPSA) is 40.1 Å². The second-order valence-corrected chi connectivity index (χ2v) is 8.75. The molecule has 2 saturated heterocycles. The van der Waals surface area contributed by atoms with Gasteiger partial charge in [-0.1, -0.05) is 36.8 Å². The third-order valence-corrected chi connectivity index (χ3v) is 7.45. The minimum atomic E-state index is 0. The molecule has 4 fully saturated rings. The summed E-state index contributed by atoms with van der Waals surface area (Å²) in [7, 11) is 1.94. The van der Waals surface area contributed by atoms with Crippen molar-refractivity contribution in [2.45, 2.75) is 44.4 Å². The van der Waals surface area contributed by atoms with Crippen LogP contribution in [0.3, 0.4) is 0 Å². The number of halogens is 1. The molecule has 3 unspecified atom stereocenters. The van der Waals surface area contributed by atoms with E-state index in [4.69, 9.17) is 4.74 Å². The first-order chi connectivity index (χ1) is 13.3. The molecular weight excluding hydrogens is 463 g/mol. The van der Waals surface area contributed by atoms with Crippen LogP contribution in [0.15, 0.2) is 35.3 Å². The fraction of sp³-hybridized carbons (Fsp3) is 0.682. The number of guanidine groups is 1. The van der Waals surface area contributed by atoms with Crippen LogP contribution in [-0.2, 0) is 11.3 Å². The van der Waals surface area contributed by atoms with E-state index in [9.17, 15) is 0 Å². The van der Waals surface area contributed by atoms with Gasteiger partial charge < -0.3 is 15.0 Å². The molecule has 5 rings (SSSR count). The molecule has 0 aromatic heterocycles.